The predicted molar refractivity (Wildman–Crippen MR) is 91.9 cm³/mol. The molecule has 1 aromatic carbocycles. The van der Waals surface area contributed by atoms with Gasteiger partial charge in [0.1, 0.15) is 4.21 Å². The smallest absolute Gasteiger partial charge is 0.313 e. The maximum absolute atomic E-state index is 12.9. The summed E-state index contributed by atoms with van der Waals surface area (Å²) in [5.41, 5.74) is 0.782. The first kappa shape index (κ1) is 17.3. The van der Waals surface area contributed by atoms with Crippen LogP contribution in [0.5, 0.6) is 0 Å². The molecule has 7 nitrogen and oxygen atoms in total. The Labute approximate surface area is 148 Å². The molecule has 0 aliphatic carbocycles. The molecular formula is C14H14ClN3O4S2. The Morgan fingerprint density at radius 1 is 1.33 bits per heavy atom. The van der Waals surface area contributed by atoms with Gasteiger partial charge >= 0.3 is 5.00 Å². The standard InChI is InChI=1S/C14H14ClN3O4S2/c15-11-3-1-2-10(8-11)12-9-16-6-7-17(12)24(21,22)14-5-4-13(23-14)18(19)20/h1-5,8,12,16H,6-7,9H2. The van der Waals surface area contributed by atoms with Gasteiger partial charge in [0, 0.05) is 30.7 Å². The number of halogens is 1. The number of hydrogen-bond acceptors (Lipinski definition) is 6. The van der Waals surface area contributed by atoms with Crippen LogP contribution in [-0.2, 0) is 10.0 Å². The van der Waals surface area contributed by atoms with Crippen LogP contribution in [0.2, 0.25) is 5.02 Å². The van der Waals surface area contributed by atoms with Gasteiger partial charge in [0.2, 0.25) is 0 Å². The molecule has 0 bridgehead atoms. The van der Waals surface area contributed by atoms with E-state index in [1.807, 2.05) is 6.07 Å². The number of piperazine rings is 1. The van der Waals surface area contributed by atoms with E-state index >= 15 is 0 Å². The normalized spacial score (nSPS) is 19.3. The van der Waals surface area contributed by atoms with E-state index in [2.05, 4.69) is 5.32 Å². The molecule has 0 amide bonds. The number of nitro groups is 1. The number of thiophene rings is 1. The molecule has 1 unspecified atom stereocenters. The second kappa shape index (κ2) is 6.77. The molecule has 0 spiro atoms. The maximum Gasteiger partial charge on any atom is 0.325 e. The van der Waals surface area contributed by atoms with Crippen molar-refractivity contribution in [2.45, 2.75) is 10.3 Å². The Hall–Kier alpha value is -1.52. The summed E-state index contributed by atoms with van der Waals surface area (Å²) in [4.78, 5) is 10.2. The third-order valence-corrected chi connectivity index (χ3v) is 7.39. The molecule has 0 saturated carbocycles. The summed E-state index contributed by atoms with van der Waals surface area (Å²) in [5.74, 6) is 0. The van der Waals surface area contributed by atoms with Crippen molar-refractivity contribution < 1.29 is 13.3 Å². The summed E-state index contributed by atoms with van der Waals surface area (Å²) in [5, 5.41) is 14.3. The minimum absolute atomic E-state index is 0.0249. The first-order valence-corrected chi connectivity index (χ1v) is 9.75. The highest BCUT2D eigenvalue weighted by Crippen LogP contribution is 2.34. The molecule has 10 heteroatoms. The summed E-state index contributed by atoms with van der Waals surface area (Å²) in [7, 11) is -3.82. The maximum atomic E-state index is 12.9. The highest BCUT2D eigenvalue weighted by molar-refractivity contribution is 7.91. The zero-order valence-electron chi connectivity index (χ0n) is 12.4. The average molecular weight is 388 g/mol. The van der Waals surface area contributed by atoms with E-state index in [9.17, 15) is 18.5 Å². The van der Waals surface area contributed by atoms with Gasteiger partial charge in [-0.3, -0.25) is 10.1 Å². The molecule has 1 aliphatic rings. The third kappa shape index (κ3) is 3.31. The van der Waals surface area contributed by atoms with Gasteiger partial charge in [0.05, 0.1) is 11.0 Å². The summed E-state index contributed by atoms with van der Waals surface area (Å²) in [6, 6.07) is 9.14. The average Bonchev–Trinajstić information content (AvgIpc) is 3.06. The van der Waals surface area contributed by atoms with Crippen molar-refractivity contribution in [2.24, 2.45) is 0 Å². The Morgan fingerprint density at radius 2 is 2.12 bits per heavy atom. The highest BCUT2D eigenvalue weighted by Gasteiger charge is 2.36. The van der Waals surface area contributed by atoms with Crippen molar-refractivity contribution in [3.63, 3.8) is 0 Å². The summed E-state index contributed by atoms with van der Waals surface area (Å²) in [6.45, 7) is 1.25. The van der Waals surface area contributed by atoms with E-state index in [4.69, 9.17) is 11.6 Å². The zero-order valence-corrected chi connectivity index (χ0v) is 14.8. The van der Waals surface area contributed by atoms with Crippen LogP contribution in [0.1, 0.15) is 11.6 Å². The van der Waals surface area contributed by atoms with Gasteiger partial charge in [-0.15, -0.1) is 0 Å². The van der Waals surface area contributed by atoms with Crippen LogP contribution >= 0.6 is 22.9 Å². The molecule has 2 heterocycles. The summed E-state index contributed by atoms with van der Waals surface area (Å²) in [6.07, 6.45) is 0. The van der Waals surface area contributed by atoms with E-state index in [1.165, 1.54) is 16.4 Å². The monoisotopic (exact) mass is 387 g/mol. The molecular weight excluding hydrogens is 374 g/mol. The molecule has 1 fully saturated rings. The van der Waals surface area contributed by atoms with Crippen LogP contribution in [0, 0.1) is 10.1 Å². The molecule has 1 aliphatic heterocycles. The van der Waals surface area contributed by atoms with Gasteiger partial charge in [0.25, 0.3) is 10.0 Å². The van der Waals surface area contributed by atoms with Gasteiger partial charge in [-0.25, -0.2) is 8.42 Å². The Kier molecular flexibility index (Phi) is 4.88. The van der Waals surface area contributed by atoms with Gasteiger partial charge in [-0.1, -0.05) is 23.7 Å². The molecule has 1 atom stereocenters. The summed E-state index contributed by atoms with van der Waals surface area (Å²) >= 11 is 6.69. The van der Waals surface area contributed by atoms with Crippen LogP contribution in [0.15, 0.2) is 40.6 Å². The lowest BCUT2D eigenvalue weighted by Gasteiger charge is -2.35. The lowest BCUT2D eigenvalue weighted by Crippen LogP contribution is -2.48. The van der Waals surface area contributed by atoms with Crippen molar-refractivity contribution >= 4 is 38.0 Å². The first-order valence-electron chi connectivity index (χ1n) is 7.12. The summed E-state index contributed by atoms with van der Waals surface area (Å²) < 4.78 is 27.2. The van der Waals surface area contributed by atoms with E-state index in [-0.39, 0.29) is 15.8 Å². The van der Waals surface area contributed by atoms with Gasteiger partial charge in [-0.05, 0) is 35.1 Å². The molecule has 2 aromatic rings. The zero-order chi connectivity index (χ0) is 17.3. The second-order valence-electron chi connectivity index (χ2n) is 5.24. The number of nitrogens with one attached hydrogen (secondary N) is 1. The van der Waals surface area contributed by atoms with Crippen molar-refractivity contribution in [3.05, 3.63) is 57.1 Å². The van der Waals surface area contributed by atoms with Gasteiger partial charge in [0.15, 0.2) is 0 Å². The fourth-order valence-corrected chi connectivity index (χ4v) is 5.68. The van der Waals surface area contributed by atoms with E-state index in [0.717, 1.165) is 5.56 Å². The number of hydrogen-bond donors (Lipinski definition) is 1. The minimum atomic E-state index is -3.82. The lowest BCUT2D eigenvalue weighted by molar-refractivity contribution is -0.380. The second-order valence-corrected chi connectivity index (χ2v) is 8.86. The Balaban J connectivity index is 1.98. The van der Waals surface area contributed by atoms with Crippen LogP contribution < -0.4 is 5.32 Å². The SMILES string of the molecule is O=[N+]([O-])c1ccc(S(=O)(=O)N2CCNCC2c2cccc(Cl)c2)s1. The molecule has 128 valence electrons. The molecule has 1 saturated heterocycles. The van der Waals surface area contributed by atoms with Crippen LogP contribution in [0.3, 0.4) is 0 Å². The highest BCUT2D eigenvalue weighted by atomic mass is 35.5. The van der Waals surface area contributed by atoms with Gasteiger partial charge < -0.3 is 5.32 Å². The molecule has 1 aromatic heterocycles. The largest absolute Gasteiger partial charge is 0.325 e. The van der Waals surface area contributed by atoms with Crippen molar-refractivity contribution in [3.8, 4) is 0 Å². The first-order chi connectivity index (χ1) is 11.4. The third-order valence-electron chi connectivity index (χ3n) is 3.74. The number of sulfonamides is 1. The van der Waals surface area contributed by atoms with E-state index < -0.39 is 21.0 Å². The number of rotatable bonds is 4. The van der Waals surface area contributed by atoms with Gasteiger partial charge in [-0.2, -0.15) is 4.31 Å². The Bertz CT molecular complexity index is 868. The quantitative estimate of drug-likeness (QED) is 0.643. The van der Waals surface area contributed by atoms with E-state index in [0.29, 0.717) is 29.4 Å². The molecule has 1 N–H and O–H groups in total. The van der Waals surface area contributed by atoms with E-state index in [1.54, 1.807) is 18.2 Å². The molecule has 24 heavy (non-hydrogen) atoms. The van der Waals surface area contributed by atoms with Crippen LogP contribution in [0.25, 0.3) is 0 Å². The molecule has 3 rings (SSSR count). The fraction of sp³-hybridized carbons (Fsp3) is 0.286. The van der Waals surface area contributed by atoms with Crippen LogP contribution in [0.4, 0.5) is 5.00 Å². The van der Waals surface area contributed by atoms with Crippen molar-refractivity contribution in [2.75, 3.05) is 19.6 Å². The van der Waals surface area contributed by atoms with Crippen molar-refractivity contribution in [1.29, 1.82) is 0 Å². The van der Waals surface area contributed by atoms with Crippen molar-refractivity contribution in [1.82, 2.24) is 9.62 Å². The number of nitrogens with zero attached hydrogens (tertiary/aromatic N) is 2. The van der Waals surface area contributed by atoms with Crippen LogP contribution in [-0.4, -0.2) is 37.3 Å². The predicted octanol–water partition coefficient (Wildman–Crippen LogP) is 2.64. The molecule has 0 radical (unpaired) electrons. The fourth-order valence-electron chi connectivity index (χ4n) is 2.63. The minimum Gasteiger partial charge on any atom is -0.313 e. The lowest BCUT2D eigenvalue weighted by atomic mass is 10.1. The topological polar surface area (TPSA) is 92.5 Å². The Morgan fingerprint density at radius 3 is 2.79 bits per heavy atom. The number of benzene rings is 1.